The lowest BCUT2D eigenvalue weighted by Crippen LogP contribution is -2.46. The molecule has 0 heterocycles. The van der Waals surface area contributed by atoms with Crippen LogP contribution in [-0.4, -0.2) is 41.0 Å². The van der Waals surface area contributed by atoms with E-state index in [0.29, 0.717) is 12.3 Å². The number of urea groups is 1. The normalized spacial score (nSPS) is 12.3. The summed E-state index contributed by atoms with van der Waals surface area (Å²) in [6, 6.07) is 4.38. The third-order valence-corrected chi connectivity index (χ3v) is 3.84. The van der Waals surface area contributed by atoms with Gasteiger partial charge in [0.15, 0.2) is 0 Å². The van der Waals surface area contributed by atoms with E-state index in [1.54, 1.807) is 29.7 Å². The molecule has 0 aliphatic carbocycles. The summed E-state index contributed by atoms with van der Waals surface area (Å²) in [4.78, 5) is 13.8. The van der Waals surface area contributed by atoms with Gasteiger partial charge in [-0.3, -0.25) is 0 Å². The molecule has 0 radical (unpaired) electrons. The van der Waals surface area contributed by atoms with E-state index in [4.69, 9.17) is 0 Å². The lowest BCUT2D eigenvalue weighted by molar-refractivity contribution is 0.118. The Morgan fingerprint density at radius 2 is 2.05 bits per heavy atom. The molecule has 2 amide bonds. The van der Waals surface area contributed by atoms with Crippen LogP contribution in [0.1, 0.15) is 31.9 Å². The van der Waals surface area contributed by atoms with Crippen LogP contribution >= 0.6 is 11.8 Å². The fraction of sp³-hybridized carbons (Fsp3) is 0.562. The Balaban J connectivity index is 2.73. The first kappa shape index (κ1) is 18.8. The van der Waals surface area contributed by atoms with Crippen LogP contribution in [0.15, 0.2) is 18.2 Å². The first-order valence-electron chi connectivity index (χ1n) is 7.34. The van der Waals surface area contributed by atoms with Crippen LogP contribution in [0.3, 0.4) is 0 Å². The average Bonchev–Trinajstić information content (AvgIpc) is 2.43. The monoisotopic (exact) mass is 328 g/mol. The van der Waals surface area contributed by atoms with Gasteiger partial charge in [-0.1, -0.05) is 6.07 Å². The van der Waals surface area contributed by atoms with Gasteiger partial charge >= 0.3 is 6.03 Å². The number of nitrogens with zero attached hydrogens (tertiary/aromatic N) is 1. The third-order valence-electron chi connectivity index (χ3n) is 3.24. The van der Waals surface area contributed by atoms with E-state index in [0.717, 1.165) is 11.1 Å². The predicted octanol–water partition coefficient (Wildman–Crippen LogP) is 2.99. The molecule has 22 heavy (non-hydrogen) atoms. The maximum Gasteiger partial charge on any atom is 0.317 e. The highest BCUT2D eigenvalue weighted by Gasteiger charge is 2.18. The second kappa shape index (κ2) is 9.00. The SMILES string of the molecule is CSCc1cc(F)ccc1CNC(=O)N(CC(C)O)C(C)C. The molecule has 0 fully saturated rings. The van der Waals surface area contributed by atoms with Crippen molar-refractivity contribution in [2.24, 2.45) is 0 Å². The molecule has 2 N–H and O–H groups in total. The molecule has 0 spiro atoms. The Bertz CT molecular complexity index is 495. The zero-order valence-electron chi connectivity index (χ0n) is 13.6. The number of carbonyl (C=O) groups is 1. The van der Waals surface area contributed by atoms with Gasteiger partial charge in [0.25, 0.3) is 0 Å². The van der Waals surface area contributed by atoms with Gasteiger partial charge in [0.2, 0.25) is 0 Å². The van der Waals surface area contributed by atoms with E-state index >= 15 is 0 Å². The largest absolute Gasteiger partial charge is 0.392 e. The topological polar surface area (TPSA) is 52.6 Å². The molecule has 0 aliphatic heterocycles. The molecule has 0 aliphatic rings. The molecule has 6 heteroatoms. The number of hydrogen-bond donors (Lipinski definition) is 2. The fourth-order valence-corrected chi connectivity index (χ4v) is 2.72. The number of rotatable bonds is 7. The van der Waals surface area contributed by atoms with E-state index in [9.17, 15) is 14.3 Å². The molecule has 1 aromatic carbocycles. The standard InChI is InChI=1S/C16H25FN2O2S/c1-11(2)19(9-12(3)20)16(21)18-8-13-5-6-15(17)7-14(13)10-22-4/h5-7,11-12,20H,8-10H2,1-4H3,(H,18,21). The van der Waals surface area contributed by atoms with Gasteiger partial charge in [-0.25, -0.2) is 9.18 Å². The van der Waals surface area contributed by atoms with Gasteiger partial charge in [-0.15, -0.1) is 0 Å². The highest BCUT2D eigenvalue weighted by Crippen LogP contribution is 2.17. The summed E-state index contributed by atoms with van der Waals surface area (Å²) in [6.45, 7) is 6.08. The van der Waals surface area contributed by atoms with Gasteiger partial charge < -0.3 is 15.3 Å². The number of carbonyl (C=O) groups excluding carboxylic acids is 1. The number of halogens is 1. The molecule has 1 aromatic rings. The maximum absolute atomic E-state index is 13.3. The average molecular weight is 328 g/mol. The highest BCUT2D eigenvalue weighted by atomic mass is 32.2. The van der Waals surface area contributed by atoms with E-state index in [-0.39, 0.29) is 24.4 Å². The highest BCUT2D eigenvalue weighted by molar-refractivity contribution is 7.97. The number of aliphatic hydroxyl groups is 1. The molecule has 0 aromatic heterocycles. The van der Waals surface area contributed by atoms with Crippen LogP contribution in [0.5, 0.6) is 0 Å². The second-order valence-corrected chi connectivity index (χ2v) is 6.47. The maximum atomic E-state index is 13.3. The fourth-order valence-electron chi connectivity index (χ4n) is 2.14. The smallest absolute Gasteiger partial charge is 0.317 e. The summed E-state index contributed by atoms with van der Waals surface area (Å²) >= 11 is 1.61. The summed E-state index contributed by atoms with van der Waals surface area (Å²) in [6.07, 6.45) is 1.38. The molecule has 0 bridgehead atoms. The minimum absolute atomic E-state index is 0.00603. The minimum atomic E-state index is -0.578. The molecular formula is C16H25FN2O2S. The van der Waals surface area contributed by atoms with Crippen molar-refractivity contribution in [2.45, 2.75) is 45.2 Å². The Morgan fingerprint density at radius 1 is 1.36 bits per heavy atom. The number of aliphatic hydroxyl groups excluding tert-OH is 1. The lowest BCUT2D eigenvalue weighted by atomic mass is 10.1. The van der Waals surface area contributed by atoms with Crippen molar-refractivity contribution in [2.75, 3.05) is 12.8 Å². The van der Waals surface area contributed by atoms with Crippen molar-refractivity contribution in [3.63, 3.8) is 0 Å². The van der Waals surface area contributed by atoms with Crippen molar-refractivity contribution >= 4 is 17.8 Å². The van der Waals surface area contributed by atoms with Crippen LogP contribution in [-0.2, 0) is 12.3 Å². The number of amides is 2. The van der Waals surface area contributed by atoms with E-state index in [2.05, 4.69) is 5.32 Å². The molecule has 1 atom stereocenters. The van der Waals surface area contributed by atoms with Gasteiger partial charge in [0, 0.05) is 24.9 Å². The summed E-state index contributed by atoms with van der Waals surface area (Å²) in [5.41, 5.74) is 1.80. The van der Waals surface area contributed by atoms with Crippen molar-refractivity contribution < 1.29 is 14.3 Å². The first-order valence-corrected chi connectivity index (χ1v) is 8.73. The molecule has 124 valence electrons. The molecule has 0 saturated heterocycles. The summed E-state index contributed by atoms with van der Waals surface area (Å²) in [5.74, 6) is 0.432. The summed E-state index contributed by atoms with van der Waals surface area (Å²) < 4.78 is 13.3. The van der Waals surface area contributed by atoms with E-state index in [1.165, 1.54) is 12.1 Å². The van der Waals surface area contributed by atoms with Gasteiger partial charge in [-0.05, 0) is 50.3 Å². The zero-order valence-corrected chi connectivity index (χ0v) is 14.4. The van der Waals surface area contributed by atoms with Crippen molar-refractivity contribution in [1.29, 1.82) is 0 Å². The van der Waals surface area contributed by atoms with Crippen molar-refractivity contribution in [3.05, 3.63) is 35.1 Å². The molecule has 4 nitrogen and oxygen atoms in total. The number of nitrogens with one attached hydrogen (secondary N) is 1. The Hall–Kier alpha value is -1.27. The Labute approximate surface area is 136 Å². The van der Waals surface area contributed by atoms with Crippen LogP contribution < -0.4 is 5.32 Å². The van der Waals surface area contributed by atoms with Crippen LogP contribution in [0.2, 0.25) is 0 Å². The van der Waals surface area contributed by atoms with Gasteiger partial charge in [-0.2, -0.15) is 11.8 Å². The predicted molar refractivity (Wildman–Crippen MR) is 89.4 cm³/mol. The van der Waals surface area contributed by atoms with Crippen LogP contribution in [0.4, 0.5) is 9.18 Å². The van der Waals surface area contributed by atoms with Gasteiger partial charge in [0.1, 0.15) is 5.82 Å². The van der Waals surface area contributed by atoms with Crippen molar-refractivity contribution in [3.8, 4) is 0 Å². The number of hydrogen-bond acceptors (Lipinski definition) is 3. The van der Waals surface area contributed by atoms with Gasteiger partial charge in [0.05, 0.1) is 6.10 Å². The molecule has 1 unspecified atom stereocenters. The molecule has 1 rings (SSSR count). The Morgan fingerprint density at radius 3 is 2.59 bits per heavy atom. The lowest BCUT2D eigenvalue weighted by Gasteiger charge is -2.28. The van der Waals surface area contributed by atoms with Crippen LogP contribution in [0.25, 0.3) is 0 Å². The summed E-state index contributed by atoms with van der Waals surface area (Å²) in [7, 11) is 0. The second-order valence-electron chi connectivity index (χ2n) is 5.60. The number of benzene rings is 1. The van der Waals surface area contributed by atoms with Crippen molar-refractivity contribution in [1.82, 2.24) is 10.2 Å². The number of thioether (sulfide) groups is 1. The van der Waals surface area contributed by atoms with Crippen LogP contribution in [0, 0.1) is 5.82 Å². The summed E-state index contributed by atoms with van der Waals surface area (Å²) in [5, 5.41) is 12.3. The quantitative estimate of drug-likeness (QED) is 0.809. The van der Waals surface area contributed by atoms with E-state index < -0.39 is 6.10 Å². The Kier molecular flexibility index (Phi) is 7.68. The molecular weight excluding hydrogens is 303 g/mol. The third kappa shape index (κ3) is 5.85. The zero-order chi connectivity index (χ0) is 16.7. The van der Waals surface area contributed by atoms with E-state index in [1.807, 2.05) is 20.1 Å². The first-order chi connectivity index (χ1) is 10.3. The minimum Gasteiger partial charge on any atom is -0.392 e. The molecule has 0 saturated carbocycles.